The van der Waals surface area contributed by atoms with Crippen LogP contribution >= 0.6 is 11.3 Å². The summed E-state index contributed by atoms with van der Waals surface area (Å²) >= 11 is 1.50. The molecule has 162 valence electrons. The van der Waals surface area contributed by atoms with Gasteiger partial charge in [0.15, 0.2) is 0 Å². The van der Waals surface area contributed by atoms with Crippen molar-refractivity contribution in [3.63, 3.8) is 0 Å². The fraction of sp³-hybridized carbons (Fsp3) is 0.250. The molecular formula is C24H21N3O4S. The van der Waals surface area contributed by atoms with E-state index >= 15 is 0 Å². The monoisotopic (exact) mass is 447 g/mol. The minimum absolute atomic E-state index is 0.0250. The van der Waals surface area contributed by atoms with Gasteiger partial charge < -0.3 is 0 Å². The fourth-order valence-corrected chi connectivity index (χ4v) is 5.76. The van der Waals surface area contributed by atoms with Crippen molar-refractivity contribution in [1.29, 1.82) is 0 Å². The predicted octanol–water partition coefficient (Wildman–Crippen LogP) is 4.28. The first kappa shape index (κ1) is 20.4. The minimum Gasteiger partial charge on any atom is -0.279 e. The van der Waals surface area contributed by atoms with Crippen LogP contribution in [0.1, 0.15) is 33.6 Å². The summed E-state index contributed by atoms with van der Waals surface area (Å²) in [4.78, 5) is 39.8. The van der Waals surface area contributed by atoms with E-state index in [-0.39, 0.29) is 17.8 Å². The lowest BCUT2D eigenvalue weighted by Gasteiger charge is -2.14. The lowest BCUT2D eigenvalue weighted by molar-refractivity contribution is -0.384. The summed E-state index contributed by atoms with van der Waals surface area (Å²) in [7, 11) is 0. The second-order valence-electron chi connectivity index (χ2n) is 8.24. The maximum Gasteiger partial charge on any atom is 0.337 e. The van der Waals surface area contributed by atoms with Gasteiger partial charge in [-0.3, -0.25) is 19.5 Å². The number of fused-ring (bicyclic) bond motifs is 3. The SMILES string of the molecule is Cc1ccc(-n2c(=O)c3c4c(sc3n(Cc3cccc([N+](=O)[O-])c3)c2=O)CCC4)cc1C. The Morgan fingerprint density at radius 1 is 1.06 bits per heavy atom. The molecule has 0 unspecified atom stereocenters. The topological polar surface area (TPSA) is 87.1 Å². The molecule has 0 amide bonds. The third-order valence-corrected chi connectivity index (χ3v) is 7.51. The van der Waals surface area contributed by atoms with Crippen molar-refractivity contribution < 1.29 is 4.92 Å². The first-order valence-corrected chi connectivity index (χ1v) is 11.3. The molecule has 0 N–H and O–H groups in total. The van der Waals surface area contributed by atoms with Gasteiger partial charge in [-0.05, 0) is 67.5 Å². The van der Waals surface area contributed by atoms with Gasteiger partial charge in [0.2, 0.25) is 0 Å². The van der Waals surface area contributed by atoms with Crippen LogP contribution in [0.4, 0.5) is 5.69 Å². The minimum atomic E-state index is -0.447. The van der Waals surface area contributed by atoms with Crippen molar-refractivity contribution in [1.82, 2.24) is 9.13 Å². The van der Waals surface area contributed by atoms with Crippen LogP contribution in [0, 0.1) is 24.0 Å². The van der Waals surface area contributed by atoms with E-state index in [1.807, 2.05) is 26.0 Å². The zero-order valence-corrected chi connectivity index (χ0v) is 18.6. The van der Waals surface area contributed by atoms with Crippen molar-refractivity contribution in [2.45, 2.75) is 39.7 Å². The van der Waals surface area contributed by atoms with Crippen LogP contribution < -0.4 is 11.2 Å². The molecule has 4 aromatic rings. The molecule has 5 rings (SSSR count). The van der Waals surface area contributed by atoms with E-state index in [2.05, 4.69) is 0 Å². The van der Waals surface area contributed by atoms with Crippen molar-refractivity contribution in [3.05, 3.63) is 101 Å². The normalized spacial score (nSPS) is 12.9. The Morgan fingerprint density at radius 3 is 2.62 bits per heavy atom. The third-order valence-electron chi connectivity index (χ3n) is 6.20. The zero-order chi connectivity index (χ0) is 22.6. The largest absolute Gasteiger partial charge is 0.337 e. The molecule has 0 aliphatic heterocycles. The Balaban J connectivity index is 1.80. The second kappa shape index (κ2) is 7.56. The third kappa shape index (κ3) is 3.18. The number of aromatic nitrogens is 2. The van der Waals surface area contributed by atoms with Crippen LogP contribution in [0.15, 0.2) is 52.1 Å². The zero-order valence-electron chi connectivity index (χ0n) is 17.8. The maximum atomic E-state index is 13.6. The Bertz CT molecular complexity index is 1530. The van der Waals surface area contributed by atoms with E-state index in [4.69, 9.17) is 0 Å². The number of rotatable bonds is 4. The summed E-state index contributed by atoms with van der Waals surface area (Å²) in [5.74, 6) is 0. The molecule has 1 aliphatic rings. The number of thiophene rings is 1. The molecule has 0 radical (unpaired) electrons. The molecule has 2 aromatic heterocycles. The van der Waals surface area contributed by atoms with Gasteiger partial charge in [0.05, 0.1) is 22.5 Å². The highest BCUT2D eigenvalue weighted by Gasteiger charge is 2.25. The van der Waals surface area contributed by atoms with Gasteiger partial charge in [-0.1, -0.05) is 18.2 Å². The average Bonchev–Trinajstić information content (AvgIpc) is 3.35. The van der Waals surface area contributed by atoms with Gasteiger partial charge in [0.25, 0.3) is 11.2 Å². The van der Waals surface area contributed by atoms with Gasteiger partial charge in [-0.2, -0.15) is 0 Å². The van der Waals surface area contributed by atoms with E-state index in [1.165, 1.54) is 28.0 Å². The van der Waals surface area contributed by atoms with Gasteiger partial charge in [0.1, 0.15) is 4.83 Å². The number of hydrogen-bond donors (Lipinski definition) is 0. The van der Waals surface area contributed by atoms with Crippen molar-refractivity contribution >= 4 is 27.2 Å². The number of nitrogens with zero attached hydrogens (tertiary/aromatic N) is 3. The van der Waals surface area contributed by atoms with Gasteiger partial charge in [-0.25, -0.2) is 9.36 Å². The van der Waals surface area contributed by atoms with Crippen LogP contribution in [0.2, 0.25) is 0 Å². The van der Waals surface area contributed by atoms with Crippen molar-refractivity contribution in [3.8, 4) is 5.69 Å². The van der Waals surface area contributed by atoms with Gasteiger partial charge in [0, 0.05) is 17.0 Å². The summed E-state index contributed by atoms with van der Waals surface area (Å²) in [6.07, 6.45) is 2.74. The predicted molar refractivity (Wildman–Crippen MR) is 125 cm³/mol. The highest BCUT2D eigenvalue weighted by atomic mass is 32.1. The lowest BCUT2D eigenvalue weighted by Crippen LogP contribution is -2.39. The fourth-order valence-electron chi connectivity index (χ4n) is 4.39. The second-order valence-corrected chi connectivity index (χ2v) is 9.33. The molecule has 2 aromatic carbocycles. The van der Waals surface area contributed by atoms with E-state index in [1.54, 1.807) is 22.8 Å². The quantitative estimate of drug-likeness (QED) is 0.345. The molecular weight excluding hydrogens is 426 g/mol. The Labute approximate surface area is 187 Å². The molecule has 0 bridgehead atoms. The van der Waals surface area contributed by atoms with Gasteiger partial charge >= 0.3 is 5.69 Å². The summed E-state index contributed by atoms with van der Waals surface area (Å²) < 4.78 is 2.84. The van der Waals surface area contributed by atoms with Crippen LogP contribution in [-0.2, 0) is 19.4 Å². The van der Waals surface area contributed by atoms with E-state index in [0.29, 0.717) is 21.5 Å². The number of hydrogen-bond acceptors (Lipinski definition) is 5. The smallest absolute Gasteiger partial charge is 0.279 e. The Kier molecular flexibility index (Phi) is 4.82. The first-order chi connectivity index (χ1) is 15.3. The van der Waals surface area contributed by atoms with Crippen molar-refractivity contribution in [2.24, 2.45) is 0 Å². The number of non-ortho nitro benzene ring substituents is 1. The number of aryl methyl sites for hydroxylation is 4. The molecule has 0 saturated heterocycles. The molecule has 7 nitrogen and oxygen atoms in total. The summed E-state index contributed by atoms with van der Waals surface area (Å²) in [6.45, 7) is 4.09. The summed E-state index contributed by atoms with van der Waals surface area (Å²) in [5, 5.41) is 11.8. The molecule has 1 aliphatic carbocycles. The van der Waals surface area contributed by atoms with E-state index in [9.17, 15) is 19.7 Å². The Morgan fingerprint density at radius 2 is 1.88 bits per heavy atom. The standard InChI is InChI=1S/C24H21N3O4S/c1-14-9-10-17(11-15(14)2)26-22(28)21-19-7-4-8-20(19)32-23(21)25(24(26)29)13-16-5-3-6-18(12-16)27(30)31/h3,5-6,9-12H,4,7-8,13H2,1-2H3. The molecule has 0 saturated carbocycles. The van der Waals surface area contributed by atoms with Crippen LogP contribution in [-0.4, -0.2) is 14.1 Å². The van der Waals surface area contributed by atoms with Crippen LogP contribution in [0.5, 0.6) is 0 Å². The number of benzene rings is 2. The van der Waals surface area contributed by atoms with E-state index < -0.39 is 10.6 Å². The molecule has 0 atom stereocenters. The van der Waals surface area contributed by atoms with Crippen LogP contribution in [0.3, 0.4) is 0 Å². The van der Waals surface area contributed by atoms with Crippen LogP contribution in [0.25, 0.3) is 15.9 Å². The molecule has 0 fully saturated rings. The molecule has 32 heavy (non-hydrogen) atoms. The first-order valence-electron chi connectivity index (χ1n) is 10.5. The highest BCUT2D eigenvalue weighted by molar-refractivity contribution is 7.18. The highest BCUT2D eigenvalue weighted by Crippen LogP contribution is 2.35. The molecule has 0 spiro atoms. The maximum absolute atomic E-state index is 13.6. The van der Waals surface area contributed by atoms with Gasteiger partial charge in [-0.15, -0.1) is 11.3 Å². The molecule has 8 heteroatoms. The number of nitro groups is 1. The Hall–Kier alpha value is -3.52. The summed E-state index contributed by atoms with van der Waals surface area (Å²) in [6, 6.07) is 11.8. The number of nitro benzene ring substituents is 1. The lowest BCUT2D eigenvalue weighted by atomic mass is 10.1. The van der Waals surface area contributed by atoms with E-state index in [0.717, 1.165) is 40.8 Å². The average molecular weight is 448 g/mol. The molecule has 2 heterocycles. The summed E-state index contributed by atoms with van der Waals surface area (Å²) in [5.41, 5.74) is 3.55. The van der Waals surface area contributed by atoms with Crippen molar-refractivity contribution in [2.75, 3.05) is 0 Å².